The molecule has 0 saturated carbocycles. The van der Waals surface area contributed by atoms with E-state index in [1.165, 1.54) is 12.7 Å². The molecule has 8 heteroatoms. The Bertz CT molecular complexity index is 1230. The van der Waals surface area contributed by atoms with Crippen molar-refractivity contribution in [1.29, 1.82) is 0 Å². The number of carbonyl (C=O) groups is 2. The Morgan fingerprint density at radius 2 is 1.67 bits per heavy atom. The number of esters is 2. The molecule has 1 saturated heterocycles. The van der Waals surface area contributed by atoms with Crippen molar-refractivity contribution in [3.63, 3.8) is 0 Å². The third-order valence-corrected chi connectivity index (χ3v) is 7.90. The van der Waals surface area contributed by atoms with Crippen molar-refractivity contribution in [2.75, 3.05) is 33.9 Å². The smallest absolute Gasteiger partial charge is 0.336 e. The molecule has 0 radical (unpaired) electrons. The second-order valence-corrected chi connectivity index (χ2v) is 10.3. The minimum atomic E-state index is -0.766. The van der Waals surface area contributed by atoms with Gasteiger partial charge in [-0.15, -0.1) is 0 Å². The van der Waals surface area contributed by atoms with Gasteiger partial charge in [-0.3, -0.25) is 4.90 Å². The zero-order valence-corrected chi connectivity index (χ0v) is 23.8. The molecule has 2 heterocycles. The quantitative estimate of drug-likeness (QED) is 0.427. The van der Waals surface area contributed by atoms with Crippen molar-refractivity contribution in [2.24, 2.45) is 5.92 Å². The van der Waals surface area contributed by atoms with Crippen LogP contribution in [0.5, 0.6) is 0 Å². The number of benzene rings is 2. The van der Waals surface area contributed by atoms with Crippen molar-refractivity contribution in [3.8, 4) is 0 Å². The Morgan fingerprint density at radius 3 is 2.28 bits per heavy atom. The lowest BCUT2D eigenvalue weighted by atomic mass is 9.77. The molecule has 39 heavy (non-hydrogen) atoms. The Labute approximate surface area is 235 Å². The summed E-state index contributed by atoms with van der Waals surface area (Å²) in [5.41, 5.74) is 3.79. The lowest BCUT2D eigenvalue weighted by Crippen LogP contribution is -2.44. The summed E-state index contributed by atoms with van der Waals surface area (Å²) in [5.74, 6) is -1.65. The average Bonchev–Trinajstić information content (AvgIpc) is 2.94. The molecule has 1 N–H and O–H groups in total. The number of nitrogens with one attached hydrogen (secondary N) is 1. The molecule has 2 aliphatic heterocycles. The molecular formula is C31H37ClN2O5. The summed E-state index contributed by atoms with van der Waals surface area (Å²) < 4.78 is 16.8. The molecule has 4 rings (SSSR count). The molecule has 1 fully saturated rings. The maximum Gasteiger partial charge on any atom is 0.336 e. The molecule has 0 bridgehead atoms. The van der Waals surface area contributed by atoms with Gasteiger partial charge in [0.25, 0.3) is 0 Å². The fraction of sp³-hybridized carbons (Fsp3) is 0.419. The highest BCUT2D eigenvalue weighted by molar-refractivity contribution is 6.31. The first kappa shape index (κ1) is 28.9. The zero-order chi connectivity index (χ0) is 27.9. The normalized spacial score (nSPS) is 19.5. The molecule has 2 aliphatic rings. The van der Waals surface area contributed by atoms with Gasteiger partial charge in [0, 0.05) is 24.4 Å². The first-order valence-electron chi connectivity index (χ1n) is 13.4. The number of carbonyl (C=O) groups excluding carboxylic acids is 2. The Morgan fingerprint density at radius 1 is 1.00 bits per heavy atom. The van der Waals surface area contributed by atoms with E-state index in [4.69, 9.17) is 25.8 Å². The number of piperidine rings is 1. The highest BCUT2D eigenvalue weighted by atomic mass is 35.5. The van der Waals surface area contributed by atoms with E-state index >= 15 is 0 Å². The number of nitrogens with zero attached hydrogens (tertiary/aromatic N) is 1. The van der Waals surface area contributed by atoms with Crippen LogP contribution in [-0.2, 0) is 30.3 Å². The van der Waals surface area contributed by atoms with Crippen molar-refractivity contribution in [3.05, 3.63) is 93.3 Å². The molecule has 0 spiro atoms. The first-order valence-corrected chi connectivity index (χ1v) is 13.8. The molecule has 2 aromatic rings. The number of likely N-dealkylation sites (tertiary alicyclic amines) is 1. The Hall–Kier alpha value is -3.13. The second-order valence-electron chi connectivity index (χ2n) is 9.91. The van der Waals surface area contributed by atoms with E-state index in [2.05, 4.69) is 34.5 Å². The van der Waals surface area contributed by atoms with Crippen molar-refractivity contribution in [2.45, 2.75) is 45.3 Å². The number of hydrogen-bond donors (Lipinski definition) is 1. The highest BCUT2D eigenvalue weighted by Crippen LogP contribution is 2.44. The molecule has 2 atom stereocenters. The van der Waals surface area contributed by atoms with Gasteiger partial charge >= 0.3 is 11.9 Å². The predicted octanol–water partition coefficient (Wildman–Crippen LogP) is 5.22. The van der Waals surface area contributed by atoms with Crippen LogP contribution >= 0.6 is 11.6 Å². The van der Waals surface area contributed by atoms with Crippen molar-refractivity contribution >= 4 is 23.5 Å². The standard InChI is InChI=1S/C31H37ClN2O5/c1-5-39-31(36)27-26(23-13-9-10-14-24(23)32)25(30(35)38-4)20(2)33-28(27)29(37-3)22-15-17-34(18-16-22)19-21-11-7-6-8-12-21/h6-14,22,26,29,33H,5,15-19H2,1-4H3. The molecule has 0 aromatic heterocycles. The summed E-state index contributed by atoms with van der Waals surface area (Å²) in [4.78, 5) is 29.1. The van der Waals surface area contributed by atoms with Gasteiger partial charge in [-0.2, -0.15) is 0 Å². The second kappa shape index (κ2) is 13.3. The van der Waals surface area contributed by atoms with Gasteiger partial charge in [-0.05, 0) is 62.9 Å². The summed E-state index contributed by atoms with van der Waals surface area (Å²) in [7, 11) is 2.99. The van der Waals surface area contributed by atoms with Gasteiger partial charge < -0.3 is 19.5 Å². The number of dihydropyridines is 1. The Balaban J connectivity index is 1.72. The van der Waals surface area contributed by atoms with E-state index < -0.39 is 24.0 Å². The number of halogens is 1. The van der Waals surface area contributed by atoms with E-state index in [1.54, 1.807) is 20.1 Å². The maximum atomic E-state index is 13.6. The monoisotopic (exact) mass is 552 g/mol. The number of hydrogen-bond acceptors (Lipinski definition) is 7. The number of allylic oxidation sites excluding steroid dienone is 1. The van der Waals surface area contributed by atoms with Crippen LogP contribution in [0.2, 0.25) is 5.02 Å². The fourth-order valence-electron chi connectivity index (χ4n) is 5.72. The average molecular weight is 553 g/mol. The molecule has 208 valence electrons. The Kier molecular flexibility index (Phi) is 9.83. The van der Waals surface area contributed by atoms with Gasteiger partial charge in [0.2, 0.25) is 0 Å². The van der Waals surface area contributed by atoms with Crippen LogP contribution in [0.4, 0.5) is 0 Å². The van der Waals surface area contributed by atoms with E-state index in [1.807, 2.05) is 31.2 Å². The largest absolute Gasteiger partial charge is 0.466 e. The first-order chi connectivity index (χ1) is 18.9. The van der Waals surface area contributed by atoms with Crippen LogP contribution in [0.15, 0.2) is 77.1 Å². The van der Waals surface area contributed by atoms with Crippen LogP contribution in [0, 0.1) is 5.92 Å². The number of ether oxygens (including phenoxy) is 3. The van der Waals surface area contributed by atoms with E-state index in [9.17, 15) is 9.59 Å². The lowest BCUT2D eigenvalue weighted by molar-refractivity contribution is -0.139. The molecular weight excluding hydrogens is 516 g/mol. The van der Waals surface area contributed by atoms with Gasteiger partial charge in [0.15, 0.2) is 0 Å². The summed E-state index contributed by atoms with van der Waals surface area (Å²) in [5, 5.41) is 3.81. The minimum absolute atomic E-state index is 0.160. The van der Waals surface area contributed by atoms with Crippen LogP contribution in [-0.4, -0.2) is 56.9 Å². The van der Waals surface area contributed by atoms with Gasteiger partial charge in [-0.25, -0.2) is 9.59 Å². The lowest BCUT2D eigenvalue weighted by Gasteiger charge is -2.39. The SMILES string of the molecule is CCOC(=O)C1=C(C(OC)C2CCN(Cc3ccccc3)CC2)NC(C)=C(C(=O)OC)C1c1ccccc1Cl. The number of methoxy groups -OCH3 is 2. The third-order valence-electron chi connectivity index (χ3n) is 7.56. The highest BCUT2D eigenvalue weighted by Gasteiger charge is 2.43. The molecule has 0 aliphatic carbocycles. The van der Waals surface area contributed by atoms with Crippen molar-refractivity contribution < 1.29 is 23.8 Å². The van der Waals surface area contributed by atoms with E-state index in [-0.39, 0.29) is 12.5 Å². The maximum absolute atomic E-state index is 13.6. The van der Waals surface area contributed by atoms with Crippen LogP contribution in [0.1, 0.15) is 43.7 Å². The van der Waals surface area contributed by atoms with Crippen LogP contribution < -0.4 is 5.32 Å². The molecule has 2 aromatic carbocycles. The predicted molar refractivity (Wildman–Crippen MR) is 151 cm³/mol. The summed E-state index contributed by atoms with van der Waals surface area (Å²) in [6.45, 7) is 6.50. The van der Waals surface area contributed by atoms with E-state index in [0.29, 0.717) is 33.1 Å². The summed E-state index contributed by atoms with van der Waals surface area (Å²) >= 11 is 6.65. The van der Waals surface area contributed by atoms with Crippen LogP contribution in [0.25, 0.3) is 0 Å². The third kappa shape index (κ3) is 6.38. The molecule has 0 amide bonds. The fourth-order valence-corrected chi connectivity index (χ4v) is 5.96. The molecule has 7 nitrogen and oxygen atoms in total. The topological polar surface area (TPSA) is 77.1 Å². The zero-order valence-electron chi connectivity index (χ0n) is 23.0. The van der Waals surface area contributed by atoms with Gasteiger partial charge in [-0.1, -0.05) is 60.1 Å². The van der Waals surface area contributed by atoms with Crippen molar-refractivity contribution in [1.82, 2.24) is 10.2 Å². The van der Waals surface area contributed by atoms with E-state index in [0.717, 1.165) is 32.5 Å². The van der Waals surface area contributed by atoms with Gasteiger partial charge in [0.1, 0.15) is 6.10 Å². The van der Waals surface area contributed by atoms with Crippen LogP contribution in [0.3, 0.4) is 0 Å². The summed E-state index contributed by atoms with van der Waals surface area (Å²) in [6.07, 6.45) is 1.40. The summed E-state index contributed by atoms with van der Waals surface area (Å²) in [6, 6.07) is 17.7. The minimum Gasteiger partial charge on any atom is -0.466 e. The number of rotatable bonds is 9. The van der Waals surface area contributed by atoms with Gasteiger partial charge in [0.05, 0.1) is 36.5 Å². The molecule has 2 unspecified atom stereocenters.